The van der Waals surface area contributed by atoms with Crippen molar-refractivity contribution in [1.29, 1.82) is 0 Å². The summed E-state index contributed by atoms with van der Waals surface area (Å²) in [6, 6.07) is 1.97. The molecular formula is C27H35FN4O8. The number of carbonyl (C=O) groups is 5. The van der Waals surface area contributed by atoms with Crippen LogP contribution < -0.4 is 11.1 Å². The molecule has 0 aromatic heterocycles. The molecule has 2 unspecified atom stereocenters. The van der Waals surface area contributed by atoms with E-state index in [9.17, 15) is 28.4 Å². The van der Waals surface area contributed by atoms with E-state index in [4.69, 9.17) is 19.9 Å². The van der Waals surface area contributed by atoms with Gasteiger partial charge in [-0.25, -0.2) is 18.8 Å². The fourth-order valence-corrected chi connectivity index (χ4v) is 4.54. The number of alkyl carbamates (subject to hydrolysis) is 1. The third-order valence-electron chi connectivity index (χ3n) is 6.34. The summed E-state index contributed by atoms with van der Waals surface area (Å²) in [6.07, 6.45) is -1.27. The largest absolute Gasteiger partial charge is 0.457 e. The van der Waals surface area contributed by atoms with Gasteiger partial charge in [0.1, 0.15) is 35.7 Å². The van der Waals surface area contributed by atoms with E-state index in [0.29, 0.717) is 11.1 Å². The first-order valence-electron chi connectivity index (χ1n) is 12.8. The highest BCUT2D eigenvalue weighted by Gasteiger charge is 2.45. The van der Waals surface area contributed by atoms with Gasteiger partial charge >= 0.3 is 18.2 Å². The molecule has 0 radical (unpaired) electrons. The van der Waals surface area contributed by atoms with E-state index in [1.165, 1.54) is 24.0 Å². The van der Waals surface area contributed by atoms with E-state index >= 15 is 0 Å². The zero-order valence-electron chi connectivity index (χ0n) is 23.1. The Morgan fingerprint density at radius 3 is 2.48 bits per heavy atom. The van der Waals surface area contributed by atoms with Gasteiger partial charge in [-0.3, -0.25) is 14.5 Å². The topological polar surface area (TPSA) is 158 Å². The fraction of sp³-hybridized carbons (Fsp3) is 0.519. The van der Waals surface area contributed by atoms with Crippen molar-refractivity contribution in [3.63, 3.8) is 0 Å². The van der Waals surface area contributed by atoms with Crippen molar-refractivity contribution in [1.82, 2.24) is 15.1 Å². The Kier molecular flexibility index (Phi) is 9.38. The Hall–Kier alpha value is -4.16. The highest BCUT2D eigenvalue weighted by molar-refractivity contribution is 5.92. The van der Waals surface area contributed by atoms with Crippen LogP contribution in [0.5, 0.6) is 0 Å². The van der Waals surface area contributed by atoms with E-state index in [1.54, 1.807) is 39.8 Å². The summed E-state index contributed by atoms with van der Waals surface area (Å²) in [7, 11) is 0. The van der Waals surface area contributed by atoms with Gasteiger partial charge in [0.2, 0.25) is 11.8 Å². The van der Waals surface area contributed by atoms with Crippen LogP contribution >= 0.6 is 0 Å². The fourth-order valence-electron chi connectivity index (χ4n) is 4.54. The van der Waals surface area contributed by atoms with Crippen LogP contribution in [0.2, 0.25) is 0 Å². The number of hydrogen-bond donors (Lipinski definition) is 2. The Bertz CT molecular complexity index is 1200. The van der Waals surface area contributed by atoms with E-state index in [2.05, 4.69) is 5.32 Å². The third kappa shape index (κ3) is 7.48. The first-order valence-corrected chi connectivity index (χ1v) is 12.8. The molecule has 1 fully saturated rings. The van der Waals surface area contributed by atoms with Gasteiger partial charge < -0.3 is 30.2 Å². The SMILES string of the molecule is C/C=C/C(=O)O[C@H](C)C(NC(=O)OC(C)(C)C)C(=O)N1C[C@H](OC(=O)N2Cc3cccc(F)c3C2)CC1C(N)=O. The minimum atomic E-state index is -1.45. The second-order valence-electron chi connectivity index (χ2n) is 10.6. The molecule has 3 rings (SSSR count). The molecule has 4 amide bonds. The lowest BCUT2D eigenvalue weighted by Gasteiger charge is -2.31. The molecule has 218 valence electrons. The normalized spacial score (nSPS) is 20.1. The van der Waals surface area contributed by atoms with Gasteiger partial charge in [0.15, 0.2) is 0 Å². The molecule has 1 aromatic rings. The Morgan fingerprint density at radius 1 is 1.18 bits per heavy atom. The van der Waals surface area contributed by atoms with E-state index in [0.717, 1.165) is 11.0 Å². The number of allylic oxidation sites excluding steroid dienone is 1. The molecule has 4 atom stereocenters. The van der Waals surface area contributed by atoms with Gasteiger partial charge in [0.05, 0.1) is 13.1 Å². The van der Waals surface area contributed by atoms with Crippen LogP contribution in [0.1, 0.15) is 52.2 Å². The van der Waals surface area contributed by atoms with Crippen molar-refractivity contribution >= 4 is 30.0 Å². The van der Waals surface area contributed by atoms with E-state index < -0.39 is 65.7 Å². The molecule has 12 nitrogen and oxygen atoms in total. The second kappa shape index (κ2) is 12.3. The third-order valence-corrected chi connectivity index (χ3v) is 6.34. The van der Waals surface area contributed by atoms with Crippen molar-refractivity contribution in [2.24, 2.45) is 5.73 Å². The average molecular weight is 563 g/mol. The standard InChI is InChI=1S/C27H35FN4O8/c1-6-8-21(33)38-15(2)22(30-25(36)40-27(3,4)5)24(35)32-13-17(11-20(32)23(29)34)39-26(37)31-12-16-9-7-10-19(28)18(16)14-31/h6-10,15,17,20,22H,11-14H2,1-5H3,(H2,29,34)(H,30,36)/b8-6+/t15-,17-,20?,22?/m1/s1. The van der Waals surface area contributed by atoms with Gasteiger partial charge in [-0.1, -0.05) is 18.2 Å². The Balaban J connectivity index is 1.75. The summed E-state index contributed by atoms with van der Waals surface area (Å²) < 4.78 is 30.2. The maximum atomic E-state index is 14.1. The molecule has 0 spiro atoms. The van der Waals surface area contributed by atoms with Crippen molar-refractivity contribution in [2.45, 2.75) is 84.0 Å². The molecule has 13 heteroatoms. The lowest BCUT2D eigenvalue weighted by atomic mass is 10.1. The predicted octanol–water partition coefficient (Wildman–Crippen LogP) is 2.13. The zero-order valence-corrected chi connectivity index (χ0v) is 23.1. The molecule has 2 aliphatic heterocycles. The summed E-state index contributed by atoms with van der Waals surface area (Å²) in [5.41, 5.74) is 5.74. The van der Waals surface area contributed by atoms with Gasteiger partial charge in [-0.2, -0.15) is 0 Å². The molecule has 1 aromatic carbocycles. The molecular weight excluding hydrogens is 527 g/mol. The molecule has 0 aliphatic carbocycles. The Labute approximate surface area is 231 Å². The maximum Gasteiger partial charge on any atom is 0.410 e. The minimum Gasteiger partial charge on any atom is -0.457 e. The van der Waals surface area contributed by atoms with Crippen LogP contribution in [0.3, 0.4) is 0 Å². The smallest absolute Gasteiger partial charge is 0.410 e. The van der Waals surface area contributed by atoms with Gasteiger partial charge in [0, 0.05) is 24.6 Å². The zero-order chi connectivity index (χ0) is 29.8. The number of ether oxygens (including phenoxy) is 3. The summed E-state index contributed by atoms with van der Waals surface area (Å²) in [6.45, 7) is 7.86. The number of nitrogens with one attached hydrogen (secondary N) is 1. The lowest BCUT2D eigenvalue weighted by Crippen LogP contribution is -2.57. The number of hydrogen-bond acceptors (Lipinski definition) is 8. The number of fused-ring (bicyclic) bond motifs is 1. The number of rotatable bonds is 7. The number of halogens is 1. The van der Waals surface area contributed by atoms with E-state index in [1.807, 2.05) is 0 Å². The van der Waals surface area contributed by atoms with Crippen LogP contribution in [-0.2, 0) is 41.7 Å². The summed E-state index contributed by atoms with van der Waals surface area (Å²) in [5, 5.41) is 2.42. The number of amides is 4. The quantitative estimate of drug-likeness (QED) is 0.291. The monoisotopic (exact) mass is 562 g/mol. The van der Waals surface area contributed by atoms with Crippen molar-refractivity contribution < 1.29 is 42.6 Å². The summed E-state index contributed by atoms with van der Waals surface area (Å²) in [4.78, 5) is 65.8. The van der Waals surface area contributed by atoms with Gasteiger partial charge in [-0.15, -0.1) is 0 Å². The molecule has 1 saturated heterocycles. The molecule has 3 N–H and O–H groups in total. The van der Waals surface area contributed by atoms with Crippen LogP contribution in [0.15, 0.2) is 30.4 Å². The predicted molar refractivity (Wildman–Crippen MR) is 139 cm³/mol. The van der Waals surface area contributed by atoms with Gasteiger partial charge in [-0.05, 0) is 46.2 Å². The van der Waals surface area contributed by atoms with Crippen molar-refractivity contribution in [2.75, 3.05) is 6.54 Å². The number of esters is 1. The lowest BCUT2D eigenvalue weighted by molar-refractivity contribution is -0.149. The first-order chi connectivity index (χ1) is 18.7. The maximum absolute atomic E-state index is 14.1. The molecule has 2 aliphatic rings. The van der Waals surface area contributed by atoms with Crippen molar-refractivity contribution in [3.8, 4) is 0 Å². The Morgan fingerprint density at radius 2 is 1.88 bits per heavy atom. The number of carbonyl (C=O) groups excluding carboxylic acids is 5. The number of nitrogens with zero attached hydrogens (tertiary/aromatic N) is 2. The van der Waals surface area contributed by atoms with Crippen LogP contribution in [0, 0.1) is 5.82 Å². The summed E-state index contributed by atoms with van der Waals surface area (Å²) in [5.74, 6) is -2.81. The van der Waals surface area contributed by atoms with Crippen molar-refractivity contribution in [3.05, 3.63) is 47.3 Å². The molecule has 0 bridgehead atoms. The summed E-state index contributed by atoms with van der Waals surface area (Å²) >= 11 is 0. The number of benzene rings is 1. The highest BCUT2D eigenvalue weighted by atomic mass is 19.1. The number of likely N-dealkylation sites (tertiary alicyclic amines) is 1. The van der Waals surface area contributed by atoms with Crippen LogP contribution in [0.4, 0.5) is 14.0 Å². The average Bonchev–Trinajstić information content (AvgIpc) is 3.47. The first kappa shape index (κ1) is 30.4. The highest BCUT2D eigenvalue weighted by Crippen LogP contribution is 2.28. The van der Waals surface area contributed by atoms with Crippen LogP contribution in [-0.4, -0.2) is 76.2 Å². The molecule has 0 saturated carbocycles. The van der Waals surface area contributed by atoms with Gasteiger partial charge in [0.25, 0.3) is 0 Å². The number of primary amides is 1. The van der Waals surface area contributed by atoms with Crippen LogP contribution in [0.25, 0.3) is 0 Å². The molecule has 2 heterocycles. The minimum absolute atomic E-state index is 0.0203. The number of nitrogens with two attached hydrogens (primary N) is 1. The van der Waals surface area contributed by atoms with E-state index in [-0.39, 0.29) is 26.1 Å². The second-order valence-corrected chi connectivity index (χ2v) is 10.6. The molecule has 40 heavy (non-hydrogen) atoms.